The zero-order valence-corrected chi connectivity index (χ0v) is 9.94. The molecule has 2 atom stereocenters. The van der Waals surface area contributed by atoms with Crippen molar-refractivity contribution in [3.8, 4) is 0 Å². The van der Waals surface area contributed by atoms with Gasteiger partial charge in [0.25, 0.3) is 0 Å². The molecule has 2 unspecified atom stereocenters. The lowest BCUT2D eigenvalue weighted by molar-refractivity contribution is 0.176. The fourth-order valence-corrected chi connectivity index (χ4v) is 2.07. The molecule has 88 valence electrons. The van der Waals surface area contributed by atoms with Gasteiger partial charge in [0.15, 0.2) is 0 Å². The minimum absolute atomic E-state index is 0.230. The van der Waals surface area contributed by atoms with Crippen molar-refractivity contribution in [2.75, 3.05) is 19.8 Å². The number of aryl methyl sites for hydroxylation is 1. The Bertz CT molecular complexity index is 320. The molecular weight excluding hydrogens is 202 g/mol. The smallest absolute Gasteiger partial charge is 0.145 e. The number of hydrogen-bond acceptors (Lipinski definition) is 4. The Kier molecular flexibility index (Phi) is 3.85. The summed E-state index contributed by atoms with van der Waals surface area (Å²) >= 11 is 0. The third kappa shape index (κ3) is 2.57. The highest BCUT2D eigenvalue weighted by Crippen LogP contribution is 2.26. The van der Waals surface area contributed by atoms with E-state index < -0.39 is 0 Å². The van der Waals surface area contributed by atoms with Crippen molar-refractivity contribution in [1.29, 1.82) is 0 Å². The van der Waals surface area contributed by atoms with Gasteiger partial charge in [0.2, 0.25) is 0 Å². The quantitative estimate of drug-likeness (QED) is 0.836. The normalized spacial score (nSPS) is 22.2. The molecule has 1 aliphatic heterocycles. The predicted molar refractivity (Wildman–Crippen MR) is 62.1 cm³/mol. The highest BCUT2D eigenvalue weighted by molar-refractivity contribution is 5.06. The number of nitrogens with one attached hydrogen (secondary N) is 1. The predicted octanol–water partition coefficient (Wildman–Crippen LogP) is 1.47. The van der Waals surface area contributed by atoms with E-state index in [1.165, 1.54) is 0 Å². The topological polar surface area (TPSA) is 47.0 Å². The van der Waals surface area contributed by atoms with Crippen molar-refractivity contribution < 1.29 is 4.74 Å². The van der Waals surface area contributed by atoms with Gasteiger partial charge >= 0.3 is 0 Å². The van der Waals surface area contributed by atoms with Gasteiger partial charge in [-0.15, -0.1) is 0 Å². The molecule has 2 heterocycles. The maximum absolute atomic E-state index is 5.43. The van der Waals surface area contributed by atoms with E-state index in [2.05, 4.69) is 22.2 Å². The maximum atomic E-state index is 5.43. The Morgan fingerprint density at radius 3 is 2.81 bits per heavy atom. The summed E-state index contributed by atoms with van der Waals surface area (Å²) in [4.78, 5) is 8.83. The van der Waals surface area contributed by atoms with Crippen LogP contribution in [-0.4, -0.2) is 29.7 Å². The van der Waals surface area contributed by atoms with E-state index in [9.17, 15) is 0 Å². The van der Waals surface area contributed by atoms with Crippen molar-refractivity contribution in [3.05, 3.63) is 23.8 Å². The highest BCUT2D eigenvalue weighted by atomic mass is 16.5. The maximum Gasteiger partial charge on any atom is 0.145 e. The average Bonchev–Trinajstić information content (AvgIpc) is 2.81. The summed E-state index contributed by atoms with van der Waals surface area (Å²) in [5.41, 5.74) is 1.10. The summed E-state index contributed by atoms with van der Waals surface area (Å²) in [6.07, 6.45) is 4.85. The number of aromatic nitrogens is 2. The lowest BCUT2D eigenvalue weighted by Gasteiger charge is -2.21. The van der Waals surface area contributed by atoms with Crippen LogP contribution in [0.2, 0.25) is 0 Å². The standard InChI is InChI=1S/C12H19N3O/c1-3-13-11(10-4-5-16-8-10)12-14-6-9(2)7-15-12/h6-7,10-11,13H,3-5,8H2,1-2H3. The number of ether oxygens (including phenoxy) is 1. The van der Waals surface area contributed by atoms with Gasteiger partial charge in [0.1, 0.15) is 5.82 Å². The van der Waals surface area contributed by atoms with Crippen molar-refractivity contribution in [1.82, 2.24) is 15.3 Å². The van der Waals surface area contributed by atoms with E-state index in [-0.39, 0.29) is 6.04 Å². The van der Waals surface area contributed by atoms with Gasteiger partial charge in [-0.1, -0.05) is 6.92 Å². The van der Waals surface area contributed by atoms with Crippen molar-refractivity contribution in [2.24, 2.45) is 5.92 Å². The lowest BCUT2D eigenvalue weighted by Crippen LogP contribution is -2.30. The molecule has 0 aliphatic carbocycles. The third-order valence-electron chi connectivity index (χ3n) is 2.94. The molecule has 0 spiro atoms. The van der Waals surface area contributed by atoms with Crippen molar-refractivity contribution >= 4 is 0 Å². The minimum Gasteiger partial charge on any atom is -0.381 e. The largest absolute Gasteiger partial charge is 0.381 e. The summed E-state index contributed by atoms with van der Waals surface area (Å²) in [6, 6.07) is 0.230. The van der Waals surface area contributed by atoms with Crippen LogP contribution in [0.25, 0.3) is 0 Å². The first-order chi connectivity index (χ1) is 7.81. The Hall–Kier alpha value is -1.00. The molecule has 1 fully saturated rings. The summed E-state index contributed by atoms with van der Waals surface area (Å²) in [6.45, 7) is 6.72. The summed E-state index contributed by atoms with van der Waals surface area (Å²) < 4.78 is 5.43. The SMILES string of the molecule is CCNC(c1ncc(C)cn1)C1CCOC1. The van der Waals surface area contributed by atoms with Gasteiger partial charge < -0.3 is 10.1 Å². The van der Waals surface area contributed by atoms with E-state index in [0.717, 1.165) is 37.6 Å². The van der Waals surface area contributed by atoms with Gasteiger partial charge in [0, 0.05) is 24.9 Å². The van der Waals surface area contributed by atoms with E-state index in [4.69, 9.17) is 4.74 Å². The van der Waals surface area contributed by atoms with E-state index in [1.54, 1.807) is 0 Å². The van der Waals surface area contributed by atoms with Crippen LogP contribution in [-0.2, 0) is 4.74 Å². The molecule has 16 heavy (non-hydrogen) atoms. The Morgan fingerprint density at radius 2 is 2.25 bits per heavy atom. The van der Waals surface area contributed by atoms with Crippen LogP contribution in [0.1, 0.15) is 30.8 Å². The van der Waals surface area contributed by atoms with Crippen LogP contribution in [0.4, 0.5) is 0 Å². The van der Waals surface area contributed by atoms with Crippen LogP contribution in [0.3, 0.4) is 0 Å². The first kappa shape index (κ1) is 11.5. The fraction of sp³-hybridized carbons (Fsp3) is 0.667. The molecule has 0 amide bonds. The second-order valence-corrected chi connectivity index (χ2v) is 4.28. The molecule has 4 heteroatoms. The van der Waals surface area contributed by atoms with Crippen LogP contribution < -0.4 is 5.32 Å². The van der Waals surface area contributed by atoms with E-state index in [0.29, 0.717) is 5.92 Å². The molecule has 1 aliphatic rings. The summed E-state index contributed by atoms with van der Waals surface area (Å²) in [5.74, 6) is 1.39. The second-order valence-electron chi connectivity index (χ2n) is 4.28. The first-order valence-electron chi connectivity index (χ1n) is 5.91. The number of hydrogen-bond donors (Lipinski definition) is 1. The highest BCUT2D eigenvalue weighted by Gasteiger charge is 2.28. The van der Waals surface area contributed by atoms with Gasteiger partial charge in [0.05, 0.1) is 12.6 Å². The van der Waals surface area contributed by atoms with E-state index in [1.807, 2.05) is 19.3 Å². The molecular formula is C12H19N3O. The fourth-order valence-electron chi connectivity index (χ4n) is 2.07. The summed E-state index contributed by atoms with van der Waals surface area (Å²) in [5, 5.41) is 3.46. The molecule has 1 aromatic heterocycles. The average molecular weight is 221 g/mol. The molecule has 1 aromatic rings. The monoisotopic (exact) mass is 221 g/mol. The Morgan fingerprint density at radius 1 is 1.50 bits per heavy atom. The van der Waals surface area contributed by atoms with Crippen LogP contribution in [0, 0.1) is 12.8 Å². The van der Waals surface area contributed by atoms with E-state index >= 15 is 0 Å². The molecule has 1 N–H and O–H groups in total. The second kappa shape index (κ2) is 5.37. The molecule has 0 saturated carbocycles. The Labute approximate surface area is 96.4 Å². The Balaban J connectivity index is 2.14. The summed E-state index contributed by atoms with van der Waals surface area (Å²) in [7, 11) is 0. The molecule has 0 bridgehead atoms. The molecule has 2 rings (SSSR count). The zero-order chi connectivity index (χ0) is 11.4. The van der Waals surface area contributed by atoms with Gasteiger partial charge in [-0.25, -0.2) is 9.97 Å². The van der Waals surface area contributed by atoms with Gasteiger partial charge in [-0.3, -0.25) is 0 Å². The van der Waals surface area contributed by atoms with Crippen LogP contribution >= 0.6 is 0 Å². The number of rotatable bonds is 4. The third-order valence-corrected chi connectivity index (χ3v) is 2.94. The molecule has 4 nitrogen and oxygen atoms in total. The van der Waals surface area contributed by atoms with Gasteiger partial charge in [-0.05, 0) is 25.5 Å². The zero-order valence-electron chi connectivity index (χ0n) is 9.94. The minimum atomic E-state index is 0.230. The first-order valence-corrected chi connectivity index (χ1v) is 5.91. The molecule has 0 aromatic carbocycles. The van der Waals surface area contributed by atoms with Crippen molar-refractivity contribution in [3.63, 3.8) is 0 Å². The molecule has 0 radical (unpaired) electrons. The van der Waals surface area contributed by atoms with Crippen LogP contribution in [0.15, 0.2) is 12.4 Å². The lowest BCUT2D eigenvalue weighted by atomic mass is 9.98. The van der Waals surface area contributed by atoms with Gasteiger partial charge in [-0.2, -0.15) is 0 Å². The van der Waals surface area contributed by atoms with Crippen LogP contribution in [0.5, 0.6) is 0 Å². The molecule has 1 saturated heterocycles. The van der Waals surface area contributed by atoms with Crippen molar-refractivity contribution in [2.45, 2.75) is 26.3 Å². The number of nitrogens with zero attached hydrogens (tertiary/aromatic N) is 2.